The number of para-hydroxylation sites is 2. The second kappa shape index (κ2) is 10.9. The maximum Gasteiger partial charge on any atom is 0.234 e. The fourth-order valence-corrected chi connectivity index (χ4v) is 3.88. The van der Waals surface area contributed by atoms with Crippen molar-refractivity contribution in [3.8, 4) is 5.75 Å². The molecule has 2 aromatic rings. The van der Waals surface area contributed by atoms with Crippen molar-refractivity contribution >= 4 is 11.6 Å². The van der Waals surface area contributed by atoms with Gasteiger partial charge in [-0.3, -0.25) is 9.69 Å². The predicted octanol–water partition coefficient (Wildman–Crippen LogP) is 3.86. The number of hydrogen-bond acceptors (Lipinski definition) is 4. The van der Waals surface area contributed by atoms with Crippen LogP contribution in [0.3, 0.4) is 0 Å². The van der Waals surface area contributed by atoms with Crippen molar-refractivity contribution in [1.82, 2.24) is 10.2 Å². The van der Waals surface area contributed by atoms with Crippen molar-refractivity contribution in [3.05, 3.63) is 60.2 Å². The number of amides is 1. The van der Waals surface area contributed by atoms with Crippen LogP contribution < -0.4 is 15.0 Å². The molecule has 0 bridgehead atoms. The molecule has 5 heteroatoms. The summed E-state index contributed by atoms with van der Waals surface area (Å²) in [5, 5.41) is 3.24. The highest BCUT2D eigenvalue weighted by atomic mass is 16.5. The van der Waals surface area contributed by atoms with E-state index in [-0.39, 0.29) is 11.9 Å². The van der Waals surface area contributed by atoms with E-state index in [1.54, 1.807) is 0 Å². The van der Waals surface area contributed by atoms with Crippen molar-refractivity contribution in [2.75, 3.05) is 44.2 Å². The number of piperazine rings is 1. The Morgan fingerprint density at radius 2 is 1.69 bits per heavy atom. The molecular formula is C24H33N3O2. The molecule has 29 heavy (non-hydrogen) atoms. The Labute approximate surface area is 174 Å². The third-order valence-electron chi connectivity index (χ3n) is 5.36. The first-order valence-corrected chi connectivity index (χ1v) is 10.7. The van der Waals surface area contributed by atoms with E-state index in [2.05, 4.69) is 46.3 Å². The van der Waals surface area contributed by atoms with Gasteiger partial charge in [-0.25, -0.2) is 0 Å². The van der Waals surface area contributed by atoms with Crippen LogP contribution in [0.5, 0.6) is 5.75 Å². The standard InChI is InChI=1S/C24H33N3O2/c1-3-10-21(20-11-6-5-7-12-20)25-24(28)19-26-15-17-27(18-16-26)22-13-8-9-14-23(22)29-4-2/h5-9,11-14,21H,3-4,10,15-19H2,1-2H3,(H,25,28)/t21-/m1/s1. The van der Waals surface area contributed by atoms with Crippen LogP contribution in [-0.2, 0) is 4.79 Å². The number of carbonyl (C=O) groups is 1. The zero-order valence-corrected chi connectivity index (χ0v) is 17.6. The van der Waals surface area contributed by atoms with Crippen LogP contribution in [0.15, 0.2) is 54.6 Å². The quantitative estimate of drug-likeness (QED) is 0.700. The third kappa shape index (κ3) is 5.97. The maximum absolute atomic E-state index is 12.7. The van der Waals surface area contributed by atoms with E-state index in [1.165, 1.54) is 5.56 Å². The lowest BCUT2D eigenvalue weighted by molar-refractivity contribution is -0.123. The van der Waals surface area contributed by atoms with Gasteiger partial charge in [0.2, 0.25) is 5.91 Å². The van der Waals surface area contributed by atoms with Crippen molar-refractivity contribution in [2.45, 2.75) is 32.7 Å². The van der Waals surface area contributed by atoms with Gasteiger partial charge in [0.15, 0.2) is 0 Å². The normalized spacial score (nSPS) is 15.7. The van der Waals surface area contributed by atoms with Gasteiger partial charge < -0.3 is 15.0 Å². The second-order valence-electron chi connectivity index (χ2n) is 7.48. The van der Waals surface area contributed by atoms with Crippen LogP contribution in [0.4, 0.5) is 5.69 Å². The van der Waals surface area contributed by atoms with Crippen LogP contribution in [-0.4, -0.2) is 50.1 Å². The topological polar surface area (TPSA) is 44.8 Å². The summed E-state index contributed by atoms with van der Waals surface area (Å²) in [6.45, 7) is 8.82. The van der Waals surface area contributed by atoms with E-state index < -0.39 is 0 Å². The molecule has 0 spiro atoms. The molecule has 156 valence electrons. The summed E-state index contributed by atoms with van der Waals surface area (Å²) >= 11 is 0. The number of carbonyl (C=O) groups excluding carboxylic acids is 1. The lowest BCUT2D eigenvalue weighted by atomic mass is 10.0. The summed E-state index contributed by atoms with van der Waals surface area (Å²) < 4.78 is 5.77. The highest BCUT2D eigenvalue weighted by Gasteiger charge is 2.22. The Kier molecular flexibility index (Phi) is 7.94. The average molecular weight is 396 g/mol. The zero-order chi connectivity index (χ0) is 20.5. The van der Waals surface area contributed by atoms with Gasteiger partial charge in [0.05, 0.1) is 24.9 Å². The molecule has 5 nitrogen and oxygen atoms in total. The molecule has 0 aromatic heterocycles. The molecule has 1 aliphatic rings. The fourth-order valence-electron chi connectivity index (χ4n) is 3.88. The average Bonchev–Trinajstić information content (AvgIpc) is 2.75. The molecular weight excluding hydrogens is 362 g/mol. The monoisotopic (exact) mass is 395 g/mol. The molecule has 0 aliphatic carbocycles. The Morgan fingerprint density at radius 3 is 2.38 bits per heavy atom. The lowest BCUT2D eigenvalue weighted by Crippen LogP contribution is -2.49. The fraction of sp³-hybridized carbons (Fsp3) is 0.458. The third-order valence-corrected chi connectivity index (χ3v) is 5.36. The first-order valence-electron chi connectivity index (χ1n) is 10.7. The van der Waals surface area contributed by atoms with Crippen molar-refractivity contribution < 1.29 is 9.53 Å². The number of anilines is 1. The second-order valence-corrected chi connectivity index (χ2v) is 7.48. The molecule has 1 amide bonds. The van der Waals surface area contributed by atoms with Gasteiger partial charge in [-0.2, -0.15) is 0 Å². The van der Waals surface area contributed by atoms with Crippen LogP contribution in [0.1, 0.15) is 38.3 Å². The molecule has 0 saturated carbocycles. The Hall–Kier alpha value is -2.53. The minimum absolute atomic E-state index is 0.0908. The molecule has 1 saturated heterocycles. The van der Waals surface area contributed by atoms with Gasteiger partial charge in [0, 0.05) is 26.2 Å². The van der Waals surface area contributed by atoms with Gasteiger partial charge in [-0.05, 0) is 31.0 Å². The number of ether oxygens (including phenoxy) is 1. The number of hydrogen-bond donors (Lipinski definition) is 1. The van der Waals surface area contributed by atoms with Crippen LogP contribution >= 0.6 is 0 Å². The van der Waals surface area contributed by atoms with E-state index in [4.69, 9.17) is 4.74 Å². The Balaban J connectivity index is 1.52. The van der Waals surface area contributed by atoms with E-state index in [1.807, 2.05) is 37.3 Å². The minimum Gasteiger partial charge on any atom is -0.492 e. The molecule has 1 fully saturated rings. The summed E-state index contributed by atoms with van der Waals surface area (Å²) in [6, 6.07) is 18.5. The summed E-state index contributed by atoms with van der Waals surface area (Å²) in [7, 11) is 0. The molecule has 1 N–H and O–H groups in total. The summed E-state index contributed by atoms with van der Waals surface area (Å²) in [5.41, 5.74) is 2.32. The number of rotatable bonds is 9. The van der Waals surface area contributed by atoms with Gasteiger partial charge in [-0.15, -0.1) is 0 Å². The summed E-state index contributed by atoms with van der Waals surface area (Å²) in [5.74, 6) is 1.04. The van der Waals surface area contributed by atoms with Crippen molar-refractivity contribution in [2.24, 2.45) is 0 Å². The van der Waals surface area contributed by atoms with Crippen LogP contribution in [0.25, 0.3) is 0 Å². The van der Waals surface area contributed by atoms with Gasteiger partial charge in [0.25, 0.3) is 0 Å². The highest BCUT2D eigenvalue weighted by Crippen LogP contribution is 2.28. The van der Waals surface area contributed by atoms with Crippen LogP contribution in [0.2, 0.25) is 0 Å². The largest absolute Gasteiger partial charge is 0.492 e. The van der Waals surface area contributed by atoms with E-state index in [9.17, 15) is 4.79 Å². The minimum atomic E-state index is 0.0908. The Bertz CT molecular complexity index is 758. The molecule has 3 rings (SSSR count). The molecule has 1 aliphatic heterocycles. The Morgan fingerprint density at radius 1 is 1.00 bits per heavy atom. The number of nitrogens with one attached hydrogen (secondary N) is 1. The predicted molar refractivity (Wildman–Crippen MR) is 118 cm³/mol. The highest BCUT2D eigenvalue weighted by molar-refractivity contribution is 5.78. The maximum atomic E-state index is 12.7. The first kappa shape index (κ1) is 21.2. The van der Waals surface area contributed by atoms with E-state index >= 15 is 0 Å². The zero-order valence-electron chi connectivity index (χ0n) is 17.6. The molecule has 0 radical (unpaired) electrons. The van der Waals surface area contributed by atoms with Crippen LogP contribution in [0, 0.1) is 0 Å². The van der Waals surface area contributed by atoms with Gasteiger partial charge in [0.1, 0.15) is 5.75 Å². The van der Waals surface area contributed by atoms with Crippen molar-refractivity contribution in [1.29, 1.82) is 0 Å². The van der Waals surface area contributed by atoms with Gasteiger partial charge in [-0.1, -0.05) is 55.8 Å². The summed E-state index contributed by atoms with van der Waals surface area (Å²) in [6.07, 6.45) is 2.00. The van der Waals surface area contributed by atoms with E-state index in [0.29, 0.717) is 13.2 Å². The SMILES string of the molecule is CCC[C@@H](NC(=O)CN1CCN(c2ccccc2OCC)CC1)c1ccccc1. The molecule has 1 atom stereocenters. The summed E-state index contributed by atoms with van der Waals surface area (Å²) in [4.78, 5) is 17.3. The number of nitrogens with zero attached hydrogens (tertiary/aromatic N) is 2. The van der Waals surface area contributed by atoms with Crippen molar-refractivity contribution in [3.63, 3.8) is 0 Å². The molecule has 0 unspecified atom stereocenters. The first-order chi connectivity index (χ1) is 14.2. The number of benzene rings is 2. The molecule has 1 heterocycles. The molecule has 2 aromatic carbocycles. The lowest BCUT2D eigenvalue weighted by Gasteiger charge is -2.36. The smallest absolute Gasteiger partial charge is 0.234 e. The van der Waals surface area contributed by atoms with Gasteiger partial charge >= 0.3 is 0 Å². The van der Waals surface area contributed by atoms with E-state index in [0.717, 1.165) is 50.5 Å².